The highest BCUT2D eigenvalue weighted by molar-refractivity contribution is 5.88. The van der Waals surface area contributed by atoms with Crippen LogP contribution in [0.2, 0.25) is 0 Å². The molecule has 5 heteroatoms. The maximum atomic E-state index is 12.3. The van der Waals surface area contributed by atoms with Crippen molar-refractivity contribution < 1.29 is 14.3 Å². The number of carbonyl (C=O) groups is 1. The average Bonchev–Trinajstić information content (AvgIpc) is 2.76. The van der Waals surface area contributed by atoms with Crippen LogP contribution in [0.4, 0.5) is 0 Å². The first kappa shape index (κ1) is 16.1. The molecule has 2 unspecified atom stereocenters. The van der Waals surface area contributed by atoms with Gasteiger partial charge in [-0.05, 0) is 27.4 Å². The molecule has 1 aliphatic rings. The smallest absolute Gasteiger partial charge is 0.246 e. The zero-order valence-electron chi connectivity index (χ0n) is 12.5. The molecule has 110 valence electrons. The molecule has 1 fully saturated rings. The number of hydrogen-bond acceptors (Lipinski definition) is 4. The Bertz CT molecular complexity index is 305. The fraction of sp³-hybridized carbons (Fsp3) is 0.786. The normalized spacial score (nSPS) is 23.4. The standard InChI is InChI=1S/C14H26N2O3/c1-12-13(7-10-19-12)16(9-11-18-4)14(17)6-5-8-15(2)3/h5-6,12-13H,7-11H2,1-4H3/b6-5+. The minimum Gasteiger partial charge on any atom is -0.383 e. The molecule has 0 aromatic rings. The summed E-state index contributed by atoms with van der Waals surface area (Å²) < 4.78 is 10.6. The molecule has 0 saturated carbocycles. The zero-order valence-corrected chi connectivity index (χ0v) is 12.5. The second-order valence-corrected chi connectivity index (χ2v) is 5.12. The summed E-state index contributed by atoms with van der Waals surface area (Å²) in [5.41, 5.74) is 0. The van der Waals surface area contributed by atoms with Crippen molar-refractivity contribution in [3.05, 3.63) is 12.2 Å². The number of amides is 1. The molecule has 19 heavy (non-hydrogen) atoms. The van der Waals surface area contributed by atoms with E-state index < -0.39 is 0 Å². The second-order valence-electron chi connectivity index (χ2n) is 5.12. The summed E-state index contributed by atoms with van der Waals surface area (Å²) in [5, 5.41) is 0. The van der Waals surface area contributed by atoms with Crippen LogP contribution < -0.4 is 0 Å². The summed E-state index contributed by atoms with van der Waals surface area (Å²) in [6.45, 7) is 4.68. The molecule has 5 nitrogen and oxygen atoms in total. The van der Waals surface area contributed by atoms with E-state index in [1.165, 1.54) is 0 Å². The Balaban J connectivity index is 2.61. The average molecular weight is 270 g/mol. The van der Waals surface area contributed by atoms with E-state index in [9.17, 15) is 4.79 Å². The Labute approximate surface area is 116 Å². The first-order valence-electron chi connectivity index (χ1n) is 6.78. The molecule has 0 spiro atoms. The van der Waals surface area contributed by atoms with Gasteiger partial charge in [0.25, 0.3) is 0 Å². The number of nitrogens with zero attached hydrogens (tertiary/aromatic N) is 2. The molecular formula is C14H26N2O3. The maximum Gasteiger partial charge on any atom is 0.246 e. The van der Waals surface area contributed by atoms with Gasteiger partial charge in [-0.2, -0.15) is 0 Å². The molecule has 1 amide bonds. The molecule has 0 bridgehead atoms. The van der Waals surface area contributed by atoms with E-state index in [0.717, 1.165) is 19.6 Å². The largest absolute Gasteiger partial charge is 0.383 e. The molecule has 1 rings (SSSR count). The van der Waals surface area contributed by atoms with Crippen LogP contribution in [0.15, 0.2) is 12.2 Å². The van der Waals surface area contributed by atoms with E-state index in [1.54, 1.807) is 13.2 Å². The van der Waals surface area contributed by atoms with Crippen molar-refractivity contribution >= 4 is 5.91 Å². The van der Waals surface area contributed by atoms with Crippen LogP contribution in [-0.4, -0.2) is 75.4 Å². The molecule has 1 heterocycles. The van der Waals surface area contributed by atoms with Gasteiger partial charge in [0.15, 0.2) is 0 Å². The lowest BCUT2D eigenvalue weighted by Crippen LogP contribution is -2.44. The van der Waals surface area contributed by atoms with E-state index in [1.807, 2.05) is 36.9 Å². The lowest BCUT2D eigenvalue weighted by atomic mass is 10.1. The maximum absolute atomic E-state index is 12.3. The van der Waals surface area contributed by atoms with E-state index >= 15 is 0 Å². The minimum atomic E-state index is 0.0428. The number of hydrogen-bond donors (Lipinski definition) is 0. The van der Waals surface area contributed by atoms with E-state index in [4.69, 9.17) is 9.47 Å². The number of rotatable bonds is 7. The fourth-order valence-corrected chi connectivity index (χ4v) is 2.22. The van der Waals surface area contributed by atoms with Gasteiger partial charge in [0, 0.05) is 32.9 Å². The molecule has 0 aromatic carbocycles. The van der Waals surface area contributed by atoms with Crippen LogP contribution in [0.3, 0.4) is 0 Å². The molecule has 1 aliphatic heterocycles. The number of likely N-dealkylation sites (N-methyl/N-ethyl adjacent to an activating group) is 1. The van der Waals surface area contributed by atoms with Crippen LogP contribution in [0.25, 0.3) is 0 Å². The van der Waals surface area contributed by atoms with Crippen LogP contribution >= 0.6 is 0 Å². The Morgan fingerprint density at radius 2 is 2.21 bits per heavy atom. The SMILES string of the molecule is COCCN(C(=O)/C=C/CN(C)C)C1CCOC1C. The van der Waals surface area contributed by atoms with Gasteiger partial charge in [0.2, 0.25) is 5.91 Å². The van der Waals surface area contributed by atoms with Crippen molar-refractivity contribution in [2.24, 2.45) is 0 Å². The topological polar surface area (TPSA) is 42.0 Å². The Morgan fingerprint density at radius 3 is 2.74 bits per heavy atom. The van der Waals surface area contributed by atoms with Gasteiger partial charge in [-0.1, -0.05) is 6.08 Å². The number of ether oxygens (including phenoxy) is 2. The summed E-state index contributed by atoms with van der Waals surface area (Å²) in [4.78, 5) is 16.2. The van der Waals surface area contributed by atoms with Crippen LogP contribution in [0, 0.1) is 0 Å². The minimum absolute atomic E-state index is 0.0428. The van der Waals surface area contributed by atoms with Gasteiger partial charge in [0.1, 0.15) is 0 Å². The highest BCUT2D eigenvalue weighted by atomic mass is 16.5. The summed E-state index contributed by atoms with van der Waals surface area (Å²) in [7, 11) is 5.61. The van der Waals surface area contributed by atoms with Gasteiger partial charge in [-0.15, -0.1) is 0 Å². The van der Waals surface area contributed by atoms with Crippen molar-refractivity contribution in [1.29, 1.82) is 0 Å². The first-order valence-corrected chi connectivity index (χ1v) is 6.78. The number of methoxy groups -OCH3 is 1. The quantitative estimate of drug-likeness (QED) is 0.640. The number of carbonyl (C=O) groups excluding carboxylic acids is 1. The third-order valence-corrected chi connectivity index (χ3v) is 3.29. The van der Waals surface area contributed by atoms with Crippen molar-refractivity contribution in [2.75, 3.05) is 47.5 Å². The molecule has 0 aliphatic carbocycles. The first-order chi connectivity index (χ1) is 9.06. The lowest BCUT2D eigenvalue weighted by molar-refractivity contribution is -0.130. The second kappa shape index (κ2) is 8.30. The van der Waals surface area contributed by atoms with Crippen molar-refractivity contribution in [3.8, 4) is 0 Å². The Hall–Kier alpha value is -0.910. The van der Waals surface area contributed by atoms with Gasteiger partial charge in [-0.25, -0.2) is 0 Å². The molecule has 2 atom stereocenters. The van der Waals surface area contributed by atoms with Crippen LogP contribution in [-0.2, 0) is 14.3 Å². The predicted octanol–water partition coefficient (Wildman–Crippen LogP) is 0.757. The van der Waals surface area contributed by atoms with E-state index in [-0.39, 0.29) is 18.1 Å². The van der Waals surface area contributed by atoms with Gasteiger partial charge in [-0.3, -0.25) is 4.79 Å². The summed E-state index contributed by atoms with van der Waals surface area (Å²) in [6.07, 6.45) is 4.55. The van der Waals surface area contributed by atoms with Crippen molar-refractivity contribution in [1.82, 2.24) is 9.80 Å². The summed E-state index contributed by atoms with van der Waals surface area (Å²) in [5.74, 6) is 0.0428. The third kappa shape index (κ3) is 5.30. The highest BCUT2D eigenvalue weighted by Gasteiger charge is 2.31. The molecule has 0 N–H and O–H groups in total. The predicted molar refractivity (Wildman–Crippen MR) is 75.1 cm³/mol. The monoisotopic (exact) mass is 270 g/mol. The molecular weight excluding hydrogens is 244 g/mol. The molecule has 0 radical (unpaired) electrons. The van der Waals surface area contributed by atoms with Gasteiger partial charge in [0.05, 0.1) is 18.8 Å². The van der Waals surface area contributed by atoms with Gasteiger partial charge < -0.3 is 19.3 Å². The van der Waals surface area contributed by atoms with E-state index in [2.05, 4.69) is 0 Å². The van der Waals surface area contributed by atoms with Crippen molar-refractivity contribution in [2.45, 2.75) is 25.5 Å². The molecule has 0 aromatic heterocycles. The summed E-state index contributed by atoms with van der Waals surface area (Å²) in [6, 6.07) is 0.159. The Morgan fingerprint density at radius 1 is 1.47 bits per heavy atom. The Kier molecular flexibility index (Phi) is 7.05. The summed E-state index contributed by atoms with van der Waals surface area (Å²) >= 11 is 0. The fourth-order valence-electron chi connectivity index (χ4n) is 2.22. The zero-order chi connectivity index (χ0) is 14.3. The van der Waals surface area contributed by atoms with Gasteiger partial charge >= 0.3 is 0 Å². The highest BCUT2D eigenvalue weighted by Crippen LogP contribution is 2.19. The molecule has 1 saturated heterocycles. The van der Waals surface area contributed by atoms with Crippen LogP contribution in [0.5, 0.6) is 0 Å². The van der Waals surface area contributed by atoms with Crippen LogP contribution in [0.1, 0.15) is 13.3 Å². The lowest BCUT2D eigenvalue weighted by Gasteiger charge is -2.29. The third-order valence-electron chi connectivity index (χ3n) is 3.29. The van der Waals surface area contributed by atoms with E-state index in [0.29, 0.717) is 13.2 Å². The van der Waals surface area contributed by atoms with Crippen molar-refractivity contribution in [3.63, 3.8) is 0 Å².